The second-order valence-electron chi connectivity index (χ2n) is 8.71. The van der Waals surface area contributed by atoms with E-state index in [1.54, 1.807) is 6.92 Å². The molecule has 0 aliphatic rings. The van der Waals surface area contributed by atoms with Gasteiger partial charge in [-0.1, -0.05) is 60.7 Å². The maximum absolute atomic E-state index is 12.1. The second-order valence-corrected chi connectivity index (χ2v) is 8.71. The van der Waals surface area contributed by atoms with Gasteiger partial charge in [0, 0.05) is 17.5 Å². The van der Waals surface area contributed by atoms with Crippen LogP contribution < -0.4 is 10.5 Å². The fourth-order valence-electron chi connectivity index (χ4n) is 4.41. The number of para-hydroxylation sites is 2. The summed E-state index contributed by atoms with van der Waals surface area (Å²) in [6, 6.07) is 32.2. The highest BCUT2D eigenvalue weighted by atomic mass is 16.5. The molecule has 0 amide bonds. The number of hydrogen-bond acceptors (Lipinski definition) is 5. The highest BCUT2D eigenvalue weighted by molar-refractivity contribution is 5.88. The molecule has 0 spiro atoms. The van der Waals surface area contributed by atoms with Crippen molar-refractivity contribution < 1.29 is 14.3 Å². The maximum Gasteiger partial charge on any atom is 0.310 e. The maximum atomic E-state index is 12.1. The van der Waals surface area contributed by atoms with Crippen molar-refractivity contribution in [1.82, 2.24) is 9.78 Å². The molecule has 0 saturated carbocycles. The van der Waals surface area contributed by atoms with Gasteiger partial charge in [0.2, 0.25) is 0 Å². The van der Waals surface area contributed by atoms with Gasteiger partial charge < -0.3 is 15.2 Å². The molecular weight excluding hydrogens is 462 g/mol. The number of rotatable bonds is 9. The number of aromatic nitrogens is 2. The lowest BCUT2D eigenvalue weighted by Gasteiger charge is -2.10. The van der Waals surface area contributed by atoms with Crippen LogP contribution in [0.4, 0.5) is 0 Å². The fourth-order valence-corrected chi connectivity index (χ4v) is 4.41. The third-order valence-electron chi connectivity index (χ3n) is 6.23. The molecule has 4 aromatic carbocycles. The average Bonchev–Trinajstić information content (AvgIpc) is 3.31. The molecule has 1 aromatic heterocycles. The third kappa shape index (κ3) is 5.39. The van der Waals surface area contributed by atoms with Crippen molar-refractivity contribution in [3.05, 3.63) is 114 Å². The lowest BCUT2D eigenvalue weighted by Crippen LogP contribution is -2.09. The number of ether oxygens (including phenoxy) is 2. The summed E-state index contributed by atoms with van der Waals surface area (Å²) < 4.78 is 13.3. The van der Waals surface area contributed by atoms with Crippen molar-refractivity contribution in [2.24, 2.45) is 5.73 Å². The first kappa shape index (κ1) is 24.3. The van der Waals surface area contributed by atoms with E-state index < -0.39 is 0 Å². The molecular formula is C31H29N3O3. The van der Waals surface area contributed by atoms with Crippen LogP contribution in [0, 0.1) is 0 Å². The molecule has 5 aromatic rings. The number of carbonyl (C=O) groups excluding carboxylic acids is 1. The van der Waals surface area contributed by atoms with Crippen LogP contribution in [-0.2, 0) is 29.1 Å². The highest BCUT2D eigenvalue weighted by Crippen LogP contribution is 2.30. The van der Waals surface area contributed by atoms with E-state index in [0.717, 1.165) is 44.5 Å². The van der Waals surface area contributed by atoms with Gasteiger partial charge in [-0.15, -0.1) is 0 Å². The standard InChI is InChI=1S/C31H29N3O3/c1-2-36-31(35)19-25-10-6-7-14-30(25)37-21-28-27-18-24(23-11-8-9-22(17-23)20-32)15-16-29(27)34(33-28)26-12-4-3-5-13-26/h3-18H,2,19-21,32H2,1H3. The van der Waals surface area contributed by atoms with Crippen LogP contribution in [0.15, 0.2) is 97.1 Å². The predicted octanol–water partition coefficient (Wildman–Crippen LogP) is 5.84. The minimum atomic E-state index is -0.276. The number of nitrogens with zero attached hydrogens (tertiary/aromatic N) is 2. The van der Waals surface area contributed by atoms with Crippen molar-refractivity contribution in [3.8, 4) is 22.6 Å². The molecule has 0 saturated heterocycles. The minimum Gasteiger partial charge on any atom is -0.487 e. The van der Waals surface area contributed by atoms with Gasteiger partial charge in [0.1, 0.15) is 18.1 Å². The Kier molecular flexibility index (Phi) is 7.28. The normalized spacial score (nSPS) is 11.0. The molecule has 2 N–H and O–H groups in total. The third-order valence-corrected chi connectivity index (χ3v) is 6.23. The van der Waals surface area contributed by atoms with E-state index in [1.807, 2.05) is 71.4 Å². The van der Waals surface area contributed by atoms with Crippen LogP contribution in [0.2, 0.25) is 0 Å². The van der Waals surface area contributed by atoms with Crippen molar-refractivity contribution in [2.75, 3.05) is 6.61 Å². The van der Waals surface area contributed by atoms with Crippen molar-refractivity contribution >= 4 is 16.9 Å². The summed E-state index contributed by atoms with van der Waals surface area (Å²) >= 11 is 0. The van der Waals surface area contributed by atoms with Gasteiger partial charge in [0.15, 0.2) is 0 Å². The van der Waals surface area contributed by atoms with Crippen LogP contribution in [0.3, 0.4) is 0 Å². The largest absolute Gasteiger partial charge is 0.487 e. The lowest BCUT2D eigenvalue weighted by atomic mass is 10.0. The zero-order valence-electron chi connectivity index (χ0n) is 20.8. The Morgan fingerprint density at radius 2 is 1.68 bits per heavy atom. The first-order valence-electron chi connectivity index (χ1n) is 12.4. The summed E-state index contributed by atoms with van der Waals surface area (Å²) in [7, 11) is 0. The molecule has 0 aliphatic carbocycles. The molecule has 0 unspecified atom stereocenters. The Hall–Kier alpha value is -4.42. The molecule has 0 bridgehead atoms. The van der Waals surface area contributed by atoms with Crippen LogP contribution >= 0.6 is 0 Å². The van der Waals surface area contributed by atoms with Crippen molar-refractivity contribution in [2.45, 2.75) is 26.5 Å². The molecule has 0 aliphatic heterocycles. The van der Waals surface area contributed by atoms with E-state index in [4.69, 9.17) is 20.3 Å². The highest BCUT2D eigenvalue weighted by Gasteiger charge is 2.16. The molecule has 6 heteroatoms. The summed E-state index contributed by atoms with van der Waals surface area (Å²) in [5, 5.41) is 5.95. The van der Waals surface area contributed by atoms with Gasteiger partial charge >= 0.3 is 5.97 Å². The molecule has 5 rings (SSSR count). The number of carbonyl (C=O) groups is 1. The molecule has 0 radical (unpaired) electrons. The van der Waals surface area contributed by atoms with Crippen LogP contribution in [0.5, 0.6) is 5.75 Å². The van der Waals surface area contributed by atoms with Crippen molar-refractivity contribution in [1.29, 1.82) is 0 Å². The Morgan fingerprint density at radius 1 is 0.892 bits per heavy atom. The number of esters is 1. The lowest BCUT2D eigenvalue weighted by molar-refractivity contribution is -0.142. The van der Waals surface area contributed by atoms with Gasteiger partial charge in [-0.05, 0) is 60.0 Å². The van der Waals surface area contributed by atoms with Crippen LogP contribution in [-0.4, -0.2) is 22.4 Å². The van der Waals surface area contributed by atoms with E-state index in [9.17, 15) is 4.79 Å². The van der Waals surface area contributed by atoms with Crippen LogP contribution in [0.1, 0.15) is 23.7 Å². The number of fused-ring (bicyclic) bond motifs is 1. The number of benzene rings is 4. The zero-order valence-corrected chi connectivity index (χ0v) is 20.8. The summed E-state index contributed by atoms with van der Waals surface area (Å²) in [6.45, 7) is 2.89. The smallest absolute Gasteiger partial charge is 0.310 e. The average molecular weight is 492 g/mol. The SMILES string of the molecule is CCOC(=O)Cc1ccccc1OCc1nn(-c2ccccc2)c2ccc(-c3cccc(CN)c3)cc12. The summed E-state index contributed by atoms with van der Waals surface area (Å²) in [6.07, 6.45) is 0.158. The molecule has 0 atom stereocenters. The van der Waals surface area contributed by atoms with Gasteiger partial charge in [-0.2, -0.15) is 5.10 Å². The molecule has 186 valence electrons. The Bertz CT molecular complexity index is 1530. The number of nitrogens with two attached hydrogens (primary N) is 1. The van der Waals surface area contributed by atoms with Gasteiger partial charge in [-0.25, -0.2) is 4.68 Å². The second kappa shape index (κ2) is 11.1. The Balaban J connectivity index is 1.53. The van der Waals surface area contributed by atoms with Gasteiger partial charge in [0.05, 0.1) is 24.2 Å². The predicted molar refractivity (Wildman–Crippen MR) is 146 cm³/mol. The monoisotopic (exact) mass is 491 g/mol. The minimum absolute atomic E-state index is 0.158. The Labute approximate surface area is 216 Å². The molecule has 6 nitrogen and oxygen atoms in total. The van der Waals surface area contributed by atoms with Crippen molar-refractivity contribution in [3.63, 3.8) is 0 Å². The first-order valence-corrected chi connectivity index (χ1v) is 12.4. The summed E-state index contributed by atoms with van der Waals surface area (Å²) in [5.41, 5.74) is 12.7. The molecule has 0 fully saturated rings. The zero-order chi connectivity index (χ0) is 25.6. The van der Waals surface area contributed by atoms with E-state index in [2.05, 4.69) is 30.3 Å². The topological polar surface area (TPSA) is 79.4 Å². The quantitative estimate of drug-likeness (QED) is 0.262. The number of hydrogen-bond donors (Lipinski definition) is 1. The van der Waals surface area contributed by atoms with E-state index in [0.29, 0.717) is 18.9 Å². The first-order chi connectivity index (χ1) is 18.2. The summed E-state index contributed by atoms with van der Waals surface area (Å²) in [4.78, 5) is 12.1. The molecule has 1 heterocycles. The molecule has 37 heavy (non-hydrogen) atoms. The van der Waals surface area contributed by atoms with E-state index in [1.165, 1.54) is 0 Å². The summed E-state index contributed by atoms with van der Waals surface area (Å²) in [5.74, 6) is 0.367. The van der Waals surface area contributed by atoms with Gasteiger partial charge in [0.25, 0.3) is 0 Å². The van der Waals surface area contributed by atoms with E-state index in [-0.39, 0.29) is 19.0 Å². The van der Waals surface area contributed by atoms with Gasteiger partial charge in [-0.3, -0.25) is 4.79 Å². The van der Waals surface area contributed by atoms with Crippen LogP contribution in [0.25, 0.3) is 27.7 Å². The fraction of sp³-hybridized carbons (Fsp3) is 0.161. The van der Waals surface area contributed by atoms with E-state index >= 15 is 0 Å². The Morgan fingerprint density at radius 3 is 2.49 bits per heavy atom.